The van der Waals surface area contributed by atoms with Crippen molar-refractivity contribution in [3.63, 3.8) is 0 Å². The molecule has 2 amide bonds. The van der Waals surface area contributed by atoms with Crippen LogP contribution in [0.25, 0.3) is 0 Å². The molecule has 0 aromatic heterocycles. The number of carbonyl (C=O) groups excluding carboxylic acids is 8. The molecule has 2 aromatic rings. The van der Waals surface area contributed by atoms with Crippen molar-refractivity contribution < 1.29 is 71.5 Å². The summed E-state index contributed by atoms with van der Waals surface area (Å²) in [6.45, 7) is 10.9. The van der Waals surface area contributed by atoms with E-state index in [0.717, 1.165) is 43.6 Å². The van der Waals surface area contributed by atoms with E-state index in [1.54, 1.807) is 0 Å². The highest BCUT2D eigenvalue weighted by atomic mass is 16.6. The summed E-state index contributed by atoms with van der Waals surface area (Å²) in [5.74, 6) is -0.0718. The Kier molecular flexibility index (Phi) is 22.3. The zero-order chi connectivity index (χ0) is 55.6. The molecule has 78 heavy (non-hydrogen) atoms. The molecule has 1 heterocycles. The van der Waals surface area contributed by atoms with E-state index >= 15 is 0 Å². The largest absolute Gasteiger partial charge is 0.462 e. The van der Waals surface area contributed by atoms with Crippen molar-refractivity contribution in [1.29, 1.82) is 0 Å². The summed E-state index contributed by atoms with van der Waals surface area (Å²) < 4.78 is 38.9. The van der Waals surface area contributed by atoms with Crippen LogP contribution in [0.4, 0.5) is 9.59 Å². The number of amides is 2. The number of carbonyl (C=O) groups is 8. The Bertz CT molecular complexity index is 2260. The first-order valence-electron chi connectivity index (χ1n) is 28.7. The Morgan fingerprint density at radius 2 is 0.872 bits per heavy atom. The zero-order valence-corrected chi connectivity index (χ0v) is 45.8. The number of ether oxygens (including phenoxy) is 7. The number of esters is 5. The number of nitrogens with zero attached hydrogens (tertiary/aromatic N) is 2. The minimum absolute atomic E-state index is 0.0120. The number of benzene rings is 2. The maximum atomic E-state index is 13.6. The van der Waals surface area contributed by atoms with E-state index in [-0.39, 0.29) is 111 Å². The van der Waals surface area contributed by atoms with E-state index in [9.17, 15) is 38.4 Å². The van der Waals surface area contributed by atoms with Crippen LogP contribution >= 0.6 is 0 Å². The van der Waals surface area contributed by atoms with Crippen molar-refractivity contribution >= 4 is 47.8 Å². The predicted molar refractivity (Wildman–Crippen MR) is 288 cm³/mol. The van der Waals surface area contributed by atoms with Crippen molar-refractivity contribution in [3.05, 3.63) is 72.8 Å². The van der Waals surface area contributed by atoms with Gasteiger partial charge in [0, 0.05) is 38.7 Å². The molecule has 1 saturated heterocycles. The second kappa shape index (κ2) is 29.5. The lowest BCUT2D eigenvalue weighted by Gasteiger charge is -2.37. The molecule has 7 rings (SSSR count). The lowest BCUT2D eigenvalue weighted by Crippen LogP contribution is -2.52. The summed E-state index contributed by atoms with van der Waals surface area (Å²) >= 11 is 0. The summed E-state index contributed by atoms with van der Waals surface area (Å²) in [5, 5.41) is 0. The first-order valence-corrected chi connectivity index (χ1v) is 28.7. The highest BCUT2D eigenvalue weighted by Crippen LogP contribution is 2.44. The fraction of sp³-hybridized carbons (Fsp3) is 0.607. The van der Waals surface area contributed by atoms with E-state index in [2.05, 4.69) is 27.0 Å². The molecule has 5 fully saturated rings. The average molecular weight is 1080 g/mol. The normalized spacial score (nSPS) is 24.3. The van der Waals surface area contributed by atoms with Crippen molar-refractivity contribution in [1.82, 2.24) is 9.80 Å². The van der Waals surface area contributed by atoms with Gasteiger partial charge >= 0.3 is 42.0 Å². The van der Waals surface area contributed by atoms with Crippen LogP contribution in [-0.2, 0) is 33.4 Å². The second-order valence-electron chi connectivity index (χ2n) is 21.9. The van der Waals surface area contributed by atoms with E-state index in [1.807, 2.05) is 0 Å². The molecular formula is C61H80N2O15. The molecule has 0 spiro atoms. The van der Waals surface area contributed by atoms with Gasteiger partial charge in [-0.05, 0) is 161 Å². The van der Waals surface area contributed by atoms with Gasteiger partial charge in [-0.1, -0.05) is 65.5 Å². The SMILES string of the molecule is C=CC(=O)CCCOC(=O)c1cc(OC(=O)N2CCN(C(=O)Oc3ccc(OC(=O)C4CCC(C5CCC(CC)CC5)CC4)c(C(=O)OCCOC(=O)C=C)c3)CC2)ccc1OC(=O)C1CCC(C2CCC(CC)CC2)CC1. The Morgan fingerprint density at radius 3 is 1.26 bits per heavy atom. The summed E-state index contributed by atoms with van der Waals surface area (Å²) in [6, 6.07) is 8.14. The van der Waals surface area contributed by atoms with Gasteiger partial charge in [0.15, 0.2) is 5.78 Å². The molecule has 0 bridgehead atoms. The molecule has 424 valence electrons. The monoisotopic (exact) mass is 1080 g/mol. The third-order valence-corrected chi connectivity index (χ3v) is 17.2. The maximum Gasteiger partial charge on any atom is 0.415 e. The highest BCUT2D eigenvalue weighted by molar-refractivity contribution is 5.95. The Balaban J connectivity index is 0.931. The number of hydrogen-bond acceptors (Lipinski definition) is 15. The molecular weight excluding hydrogens is 1000 g/mol. The standard InChI is InChI=1S/C61H80N2O15/c1-5-40-11-15-42(16-12-40)44-19-23-46(24-20-44)56(66)77-53-29-27-49(38-51(53)58(68)73-35-9-10-48(64)7-3)75-60(70)62-31-33-63(34-32-62)61(71)76-50-28-30-54(52(39-50)59(69)74-37-36-72-55(65)8-4)78-57(67)47-25-21-45(22-26-47)43-17-13-41(6-2)14-18-43/h7-8,27-30,38-47H,3-6,9-26,31-37H2,1-2H3. The Hall–Kier alpha value is -6.52. The third-order valence-electron chi connectivity index (χ3n) is 17.2. The summed E-state index contributed by atoms with van der Waals surface area (Å²) in [5.41, 5.74) is -0.288. The molecule has 0 N–H and O–H groups in total. The van der Waals surface area contributed by atoms with Crippen LogP contribution in [0.3, 0.4) is 0 Å². The molecule has 17 heteroatoms. The topological polar surface area (TPSA) is 208 Å². The third kappa shape index (κ3) is 16.7. The smallest absolute Gasteiger partial charge is 0.415 e. The van der Waals surface area contributed by atoms with E-state index in [1.165, 1.54) is 116 Å². The van der Waals surface area contributed by atoms with Gasteiger partial charge in [0.1, 0.15) is 47.3 Å². The lowest BCUT2D eigenvalue weighted by atomic mass is 9.69. The maximum absolute atomic E-state index is 13.6. The number of piperazine rings is 1. The van der Waals surface area contributed by atoms with Crippen LogP contribution in [-0.4, -0.2) is 104 Å². The molecule has 17 nitrogen and oxygen atoms in total. The van der Waals surface area contributed by atoms with Crippen molar-refractivity contribution in [2.45, 2.75) is 142 Å². The van der Waals surface area contributed by atoms with E-state index in [4.69, 9.17) is 33.2 Å². The minimum Gasteiger partial charge on any atom is -0.462 e. The quantitative estimate of drug-likeness (QED) is 0.0374. The molecule has 5 aliphatic rings. The Morgan fingerprint density at radius 1 is 0.487 bits per heavy atom. The first-order chi connectivity index (χ1) is 37.7. The van der Waals surface area contributed by atoms with Gasteiger partial charge in [0.25, 0.3) is 0 Å². The van der Waals surface area contributed by atoms with Gasteiger partial charge in [0.05, 0.1) is 18.4 Å². The molecule has 4 aliphatic carbocycles. The van der Waals surface area contributed by atoms with Gasteiger partial charge in [0.2, 0.25) is 0 Å². The number of allylic oxidation sites excluding steroid dienone is 1. The minimum atomic E-state index is -0.896. The fourth-order valence-electron chi connectivity index (χ4n) is 12.2. The summed E-state index contributed by atoms with van der Waals surface area (Å²) in [7, 11) is 0. The van der Waals surface area contributed by atoms with Crippen LogP contribution in [0.15, 0.2) is 61.7 Å². The summed E-state index contributed by atoms with van der Waals surface area (Å²) in [4.78, 5) is 107. The number of rotatable bonds is 21. The highest BCUT2D eigenvalue weighted by Gasteiger charge is 2.36. The molecule has 0 atom stereocenters. The Labute approximate surface area is 459 Å². The lowest BCUT2D eigenvalue weighted by molar-refractivity contribution is -0.141. The van der Waals surface area contributed by atoms with Crippen molar-refractivity contribution in [2.24, 2.45) is 47.3 Å². The predicted octanol–water partition coefficient (Wildman–Crippen LogP) is 11.4. The summed E-state index contributed by atoms with van der Waals surface area (Å²) in [6.07, 6.45) is 20.2. The van der Waals surface area contributed by atoms with Gasteiger partial charge < -0.3 is 43.0 Å². The fourth-order valence-corrected chi connectivity index (χ4v) is 12.2. The molecule has 2 aromatic carbocycles. The van der Waals surface area contributed by atoms with Crippen LogP contribution in [0.5, 0.6) is 23.0 Å². The van der Waals surface area contributed by atoms with Gasteiger partial charge in [-0.2, -0.15) is 0 Å². The van der Waals surface area contributed by atoms with Gasteiger partial charge in [-0.3, -0.25) is 14.4 Å². The van der Waals surface area contributed by atoms with Crippen molar-refractivity contribution in [2.75, 3.05) is 46.0 Å². The average Bonchev–Trinajstić information content (AvgIpc) is 3.47. The van der Waals surface area contributed by atoms with Crippen LogP contribution in [0, 0.1) is 47.3 Å². The van der Waals surface area contributed by atoms with Crippen LogP contribution in [0.2, 0.25) is 0 Å². The van der Waals surface area contributed by atoms with Crippen LogP contribution in [0.1, 0.15) is 163 Å². The van der Waals surface area contributed by atoms with Gasteiger partial charge in [-0.15, -0.1) is 0 Å². The molecule has 0 radical (unpaired) electrons. The van der Waals surface area contributed by atoms with Crippen molar-refractivity contribution in [3.8, 4) is 23.0 Å². The zero-order valence-electron chi connectivity index (χ0n) is 45.8. The molecule has 4 saturated carbocycles. The first kappa shape index (κ1) is 59.1. The van der Waals surface area contributed by atoms with Gasteiger partial charge in [-0.25, -0.2) is 24.0 Å². The van der Waals surface area contributed by atoms with E-state index < -0.39 is 42.0 Å². The second-order valence-corrected chi connectivity index (χ2v) is 21.9. The molecule has 1 aliphatic heterocycles. The molecule has 0 unspecified atom stereocenters. The number of hydrogen-bond donors (Lipinski definition) is 0. The van der Waals surface area contributed by atoms with Crippen LogP contribution < -0.4 is 18.9 Å². The number of ketones is 1. The van der Waals surface area contributed by atoms with E-state index in [0.29, 0.717) is 49.4 Å².